The van der Waals surface area contributed by atoms with E-state index in [4.69, 9.17) is 0 Å². The lowest BCUT2D eigenvalue weighted by Gasteiger charge is -2.43. The van der Waals surface area contributed by atoms with Gasteiger partial charge in [0.1, 0.15) is 0 Å². The summed E-state index contributed by atoms with van der Waals surface area (Å²) in [5.74, 6) is -0.275. The van der Waals surface area contributed by atoms with Crippen LogP contribution >= 0.6 is 11.3 Å². The van der Waals surface area contributed by atoms with Crippen molar-refractivity contribution in [3.05, 3.63) is 112 Å². The Hall–Kier alpha value is -4.41. The van der Waals surface area contributed by atoms with Crippen molar-refractivity contribution in [3.63, 3.8) is 0 Å². The molecule has 3 aromatic carbocycles. The average molecular weight is 878 g/mol. The van der Waals surface area contributed by atoms with E-state index in [2.05, 4.69) is 46.9 Å². The van der Waals surface area contributed by atoms with E-state index in [-0.39, 0.29) is 58.6 Å². The first kappa shape index (κ1) is 46.7. The molecule has 0 spiro atoms. The molecule has 0 saturated carbocycles. The Labute approximate surface area is 360 Å². The molecule has 0 bridgehead atoms. The number of carbonyl (C=O) groups excluding carboxylic acids is 3. The van der Waals surface area contributed by atoms with E-state index in [1.807, 2.05) is 55.6 Å². The third-order valence-corrected chi connectivity index (χ3v) is 15.7. The van der Waals surface area contributed by atoms with Crippen LogP contribution < -0.4 is 5.32 Å². The van der Waals surface area contributed by atoms with E-state index in [1.54, 1.807) is 74.0 Å². The number of sulfonamides is 2. The van der Waals surface area contributed by atoms with Gasteiger partial charge in [-0.3, -0.25) is 14.4 Å². The second kappa shape index (κ2) is 18.7. The minimum atomic E-state index is -3.62. The molecule has 6 rings (SSSR count). The summed E-state index contributed by atoms with van der Waals surface area (Å²) in [5.41, 5.74) is 3.22. The maximum atomic E-state index is 13.3. The van der Waals surface area contributed by atoms with Crippen molar-refractivity contribution in [1.82, 2.24) is 18.4 Å². The Morgan fingerprint density at radius 3 is 1.58 bits per heavy atom. The first-order valence-corrected chi connectivity index (χ1v) is 24.0. The van der Waals surface area contributed by atoms with Crippen LogP contribution in [-0.2, 0) is 46.9 Å². The zero-order valence-corrected chi connectivity index (χ0v) is 38.6. The fourth-order valence-electron chi connectivity index (χ4n) is 7.40. The van der Waals surface area contributed by atoms with Crippen molar-refractivity contribution in [2.75, 3.05) is 44.6 Å². The molecule has 2 atom stereocenters. The smallest absolute Gasteiger partial charge is 0.253 e. The first-order valence-electron chi connectivity index (χ1n) is 20.2. The standard InChI is InChI=1S/C23H29N3O4S.C22H30N2O3S2/c1-17(27)24-20-9-5-18(6-10-20)22(28)25-13-15-26(16-14-25)31(29,30)21-11-7-19(8-12-21)23(2,3)4;1-16-14-23(21(25)13-19-7-6-12-28-19)15-17(2)24(16)29(26,27)20-10-8-18(9-11-20)22(3,4)5/h5-12H,13-16H2,1-4H3,(H,24,27);6-12,16-17H,13-15H2,1-5H3/t;16-,17+. The highest BCUT2D eigenvalue weighted by molar-refractivity contribution is 7.89. The van der Waals surface area contributed by atoms with Gasteiger partial charge in [0.15, 0.2) is 0 Å². The summed E-state index contributed by atoms with van der Waals surface area (Å²) in [6.07, 6.45) is 0.373. The molecule has 0 unspecified atom stereocenters. The number of nitrogens with one attached hydrogen (secondary N) is 1. The third-order valence-electron chi connectivity index (χ3n) is 10.7. The summed E-state index contributed by atoms with van der Waals surface area (Å²) in [6, 6.07) is 24.2. The number of anilines is 1. The Balaban J connectivity index is 0.000000228. The van der Waals surface area contributed by atoms with Crippen molar-refractivity contribution >= 4 is 54.8 Å². The van der Waals surface area contributed by atoms with Crippen LogP contribution in [0.3, 0.4) is 0 Å². The summed E-state index contributed by atoms with van der Waals surface area (Å²) in [6.45, 7) is 19.7. The summed E-state index contributed by atoms with van der Waals surface area (Å²) < 4.78 is 55.7. The Bertz CT molecular complexity index is 2320. The van der Waals surface area contributed by atoms with Crippen LogP contribution in [0.5, 0.6) is 0 Å². The summed E-state index contributed by atoms with van der Waals surface area (Å²) in [5, 5.41) is 4.62. The van der Waals surface area contributed by atoms with Crippen molar-refractivity contribution in [2.45, 2.75) is 101 Å². The number of benzene rings is 3. The molecule has 2 saturated heterocycles. The largest absolute Gasteiger partial charge is 0.339 e. The molecule has 3 heterocycles. The molecule has 4 aromatic rings. The zero-order valence-electron chi connectivity index (χ0n) is 36.1. The van der Waals surface area contributed by atoms with Crippen LogP contribution in [0.2, 0.25) is 0 Å². The highest BCUT2D eigenvalue weighted by Gasteiger charge is 2.40. The Kier molecular flexibility index (Phi) is 14.5. The molecule has 3 amide bonds. The second-order valence-corrected chi connectivity index (χ2v) is 22.4. The maximum Gasteiger partial charge on any atom is 0.253 e. The first-order chi connectivity index (χ1) is 28.0. The minimum absolute atomic E-state index is 0.0303. The lowest BCUT2D eigenvalue weighted by atomic mass is 9.87. The summed E-state index contributed by atoms with van der Waals surface area (Å²) in [4.78, 5) is 41.6. The molecule has 2 fully saturated rings. The number of nitrogens with zero attached hydrogens (tertiary/aromatic N) is 4. The van der Waals surface area contributed by atoms with Crippen molar-refractivity contribution in [3.8, 4) is 0 Å². The van der Waals surface area contributed by atoms with Crippen molar-refractivity contribution in [1.29, 1.82) is 0 Å². The molecular weight excluding hydrogens is 819 g/mol. The molecule has 1 aromatic heterocycles. The van der Waals surface area contributed by atoms with Gasteiger partial charge in [0.05, 0.1) is 16.2 Å². The number of thiophene rings is 1. The van der Waals surface area contributed by atoms with Crippen LogP contribution in [0.1, 0.15) is 88.7 Å². The van der Waals surface area contributed by atoms with Gasteiger partial charge < -0.3 is 15.1 Å². The normalized spacial score (nSPS) is 18.4. The van der Waals surface area contributed by atoms with Crippen molar-refractivity contribution < 1.29 is 31.2 Å². The molecule has 15 heteroatoms. The van der Waals surface area contributed by atoms with Gasteiger partial charge in [-0.05, 0) is 95.8 Å². The molecule has 12 nitrogen and oxygen atoms in total. The molecule has 0 aliphatic carbocycles. The Morgan fingerprint density at radius 2 is 1.15 bits per heavy atom. The average Bonchev–Trinajstić information content (AvgIpc) is 3.70. The lowest BCUT2D eigenvalue weighted by Crippen LogP contribution is -2.59. The van der Waals surface area contributed by atoms with Crippen LogP contribution in [0.15, 0.2) is 100 Å². The second-order valence-electron chi connectivity index (χ2n) is 17.6. The number of amides is 3. The van der Waals surface area contributed by atoms with E-state index in [0.29, 0.717) is 48.7 Å². The number of piperazine rings is 2. The van der Waals surface area contributed by atoms with Crippen LogP contribution in [0.4, 0.5) is 5.69 Å². The summed E-state index contributed by atoms with van der Waals surface area (Å²) in [7, 11) is -7.22. The fourth-order valence-corrected chi connectivity index (χ4v) is 11.3. The number of hydrogen-bond acceptors (Lipinski definition) is 8. The van der Waals surface area contributed by atoms with E-state index in [1.165, 1.54) is 11.2 Å². The van der Waals surface area contributed by atoms with Gasteiger partial charge in [-0.2, -0.15) is 8.61 Å². The van der Waals surface area contributed by atoms with Gasteiger partial charge >= 0.3 is 0 Å². The predicted octanol–water partition coefficient (Wildman–Crippen LogP) is 6.99. The van der Waals surface area contributed by atoms with Gasteiger partial charge in [0, 0.05) is 74.4 Å². The third kappa shape index (κ3) is 11.3. The summed E-state index contributed by atoms with van der Waals surface area (Å²) >= 11 is 1.57. The Morgan fingerprint density at radius 1 is 0.667 bits per heavy atom. The maximum absolute atomic E-state index is 13.3. The lowest BCUT2D eigenvalue weighted by molar-refractivity contribution is -0.133. The molecule has 0 radical (unpaired) electrons. The highest BCUT2D eigenvalue weighted by atomic mass is 32.2. The highest BCUT2D eigenvalue weighted by Crippen LogP contribution is 2.29. The van der Waals surface area contributed by atoms with Crippen LogP contribution in [0.25, 0.3) is 0 Å². The van der Waals surface area contributed by atoms with Gasteiger partial charge in [0.2, 0.25) is 31.9 Å². The predicted molar refractivity (Wildman–Crippen MR) is 238 cm³/mol. The SMILES string of the molecule is CC(=O)Nc1ccc(C(=O)N2CCN(S(=O)(=O)c3ccc(C(C)(C)C)cc3)CC2)cc1.C[C@@H]1CN(C(=O)Cc2cccs2)C[C@H](C)N1S(=O)(=O)c1ccc(C(C)(C)C)cc1. The van der Waals surface area contributed by atoms with Crippen LogP contribution in [-0.4, -0.2) is 104 Å². The number of rotatable bonds is 8. The molecule has 1 N–H and O–H groups in total. The monoisotopic (exact) mass is 877 g/mol. The van der Waals surface area contributed by atoms with E-state index in [9.17, 15) is 31.2 Å². The van der Waals surface area contributed by atoms with Gasteiger partial charge in [-0.1, -0.05) is 71.9 Å². The molecular formula is C45H59N5O7S3. The fraction of sp³-hybridized carbons (Fsp3) is 0.444. The quantitative estimate of drug-likeness (QED) is 0.201. The van der Waals surface area contributed by atoms with Crippen molar-refractivity contribution in [2.24, 2.45) is 0 Å². The number of hydrogen-bond donors (Lipinski definition) is 1. The van der Waals surface area contributed by atoms with Gasteiger partial charge in [0.25, 0.3) is 5.91 Å². The number of carbonyl (C=O) groups is 3. The molecule has 2 aliphatic rings. The topological polar surface area (TPSA) is 144 Å². The van der Waals surface area contributed by atoms with Crippen LogP contribution in [0, 0.1) is 0 Å². The molecule has 2 aliphatic heterocycles. The van der Waals surface area contributed by atoms with Gasteiger partial charge in [-0.25, -0.2) is 16.8 Å². The minimum Gasteiger partial charge on any atom is -0.339 e. The van der Waals surface area contributed by atoms with E-state index in [0.717, 1.165) is 16.0 Å². The van der Waals surface area contributed by atoms with E-state index >= 15 is 0 Å². The molecule has 324 valence electrons. The van der Waals surface area contributed by atoms with E-state index < -0.39 is 20.0 Å². The molecule has 60 heavy (non-hydrogen) atoms. The van der Waals surface area contributed by atoms with Gasteiger partial charge in [-0.15, -0.1) is 11.3 Å². The zero-order chi connectivity index (χ0) is 44.2.